The fraction of sp³-hybridized carbons (Fsp3) is 0. The van der Waals surface area contributed by atoms with Crippen molar-refractivity contribution in [2.75, 3.05) is 0 Å². The number of fused-ring (bicyclic) bond motifs is 7. The molecule has 0 amide bonds. The third kappa shape index (κ3) is 5.46. The van der Waals surface area contributed by atoms with Crippen LogP contribution in [0.5, 0.6) is 0 Å². The Morgan fingerprint density at radius 3 is 1.91 bits per heavy atom. The largest absolute Gasteiger partial charge is 0.310 e. The minimum Gasteiger partial charge on any atom is -0.310 e. The Balaban J connectivity index is 1.16. The van der Waals surface area contributed by atoms with Crippen LogP contribution in [0.3, 0.4) is 0 Å². The smallest absolute Gasteiger partial charge is 0.235 e. The fourth-order valence-corrected chi connectivity index (χ4v) is 8.68. The summed E-state index contributed by atoms with van der Waals surface area (Å²) < 4.78 is 4.59. The summed E-state index contributed by atoms with van der Waals surface area (Å²) in [5, 5.41) is 6.71. The molecule has 0 aliphatic heterocycles. The summed E-state index contributed by atoms with van der Waals surface area (Å²) in [4.78, 5) is 10.8. The summed E-state index contributed by atoms with van der Waals surface area (Å²) >= 11 is 0. The van der Waals surface area contributed by atoms with Gasteiger partial charge in [0.25, 0.3) is 0 Å². The van der Waals surface area contributed by atoms with E-state index in [1.54, 1.807) is 0 Å². The van der Waals surface area contributed by atoms with Crippen LogP contribution in [0.15, 0.2) is 207 Å². The van der Waals surface area contributed by atoms with Crippen molar-refractivity contribution < 1.29 is 0 Å². The zero-order chi connectivity index (χ0) is 38.6. The first kappa shape index (κ1) is 33.5. The molecule has 8 aromatic carbocycles. The van der Waals surface area contributed by atoms with E-state index in [0.29, 0.717) is 5.95 Å². The minimum absolute atomic E-state index is 0.634. The maximum absolute atomic E-state index is 5.47. The van der Waals surface area contributed by atoms with Crippen molar-refractivity contribution in [1.29, 1.82) is 0 Å². The third-order valence-corrected chi connectivity index (χ3v) is 11.3. The highest BCUT2D eigenvalue weighted by molar-refractivity contribution is 6.21. The standard InChI is InChI=1S/C54H36N4/c1-2-36(33-42-34-39-20-9-15-30-50(39)57(42)41-23-7-4-8-24-41)47-35-48-44-26-13-16-31-51(44)58(53(48)45-27-11-10-25-43(45)47)54-55-49-29-14-12-28-46(49)52(56-54)40-22-17-21-38(32-40)37-18-5-3-6-19-37/h2-35H,1H2/b36-33+. The molecule has 0 aliphatic rings. The predicted molar refractivity (Wildman–Crippen MR) is 244 cm³/mol. The number of benzene rings is 8. The van der Waals surface area contributed by atoms with Gasteiger partial charge in [-0.2, -0.15) is 0 Å². The van der Waals surface area contributed by atoms with Crippen molar-refractivity contribution in [1.82, 2.24) is 19.1 Å². The average molecular weight is 741 g/mol. The number of allylic oxidation sites excluding steroid dienone is 2. The molecule has 11 aromatic rings. The Kier molecular flexibility index (Phi) is 7.93. The van der Waals surface area contributed by atoms with E-state index in [9.17, 15) is 0 Å². The first-order valence-corrected chi connectivity index (χ1v) is 19.6. The fourth-order valence-electron chi connectivity index (χ4n) is 8.68. The van der Waals surface area contributed by atoms with Gasteiger partial charge in [0.15, 0.2) is 0 Å². The second kappa shape index (κ2) is 13.7. The normalized spacial score (nSPS) is 12.0. The van der Waals surface area contributed by atoms with Gasteiger partial charge in [-0.25, -0.2) is 9.97 Å². The summed E-state index contributed by atoms with van der Waals surface area (Å²) in [5.74, 6) is 0.634. The SMILES string of the molecule is C=C/C(=C\c1cc2ccccc2n1-c1ccccc1)c1cc2c3ccccc3n(-c3nc(-c4cccc(-c5ccccc5)c4)c4ccccc4n3)c2c2ccccc12. The summed E-state index contributed by atoms with van der Waals surface area (Å²) in [6, 6.07) is 68.5. The van der Waals surface area contributed by atoms with Crippen LogP contribution in [0.4, 0.5) is 0 Å². The van der Waals surface area contributed by atoms with Crippen LogP contribution in [-0.2, 0) is 0 Å². The van der Waals surface area contributed by atoms with Gasteiger partial charge < -0.3 is 4.57 Å². The maximum Gasteiger partial charge on any atom is 0.235 e. The quantitative estimate of drug-likeness (QED) is 0.153. The average Bonchev–Trinajstić information content (AvgIpc) is 3.84. The highest BCUT2D eigenvalue weighted by Crippen LogP contribution is 2.41. The van der Waals surface area contributed by atoms with Gasteiger partial charge >= 0.3 is 0 Å². The Labute approximate surface area is 335 Å². The third-order valence-electron chi connectivity index (χ3n) is 11.3. The van der Waals surface area contributed by atoms with Gasteiger partial charge in [-0.05, 0) is 82.3 Å². The number of aromatic nitrogens is 4. The highest BCUT2D eigenvalue weighted by atomic mass is 15.2. The summed E-state index contributed by atoms with van der Waals surface area (Å²) in [7, 11) is 0. The zero-order valence-electron chi connectivity index (χ0n) is 31.6. The predicted octanol–water partition coefficient (Wildman–Crippen LogP) is 13.9. The first-order chi connectivity index (χ1) is 28.7. The Bertz CT molecular complexity index is 3410. The molecule has 0 saturated heterocycles. The maximum atomic E-state index is 5.47. The lowest BCUT2D eigenvalue weighted by Crippen LogP contribution is -2.04. The lowest BCUT2D eigenvalue weighted by atomic mass is 9.94. The molecule has 0 saturated carbocycles. The number of hydrogen-bond acceptors (Lipinski definition) is 2. The summed E-state index contributed by atoms with van der Waals surface area (Å²) in [6.45, 7) is 4.38. The molecule has 0 atom stereocenters. The molecular weight excluding hydrogens is 705 g/mol. The van der Waals surface area contributed by atoms with Crippen LogP contribution < -0.4 is 0 Å². The Morgan fingerprint density at radius 1 is 0.466 bits per heavy atom. The van der Waals surface area contributed by atoms with E-state index in [0.717, 1.165) is 88.3 Å². The lowest BCUT2D eigenvalue weighted by Gasteiger charge is -2.15. The van der Waals surface area contributed by atoms with Crippen LogP contribution in [0.1, 0.15) is 11.3 Å². The molecule has 0 spiro atoms. The van der Waals surface area contributed by atoms with Crippen molar-refractivity contribution in [2.24, 2.45) is 0 Å². The molecular formula is C54H36N4. The Morgan fingerprint density at radius 2 is 1.10 bits per heavy atom. The van der Waals surface area contributed by atoms with Crippen LogP contribution >= 0.6 is 0 Å². The van der Waals surface area contributed by atoms with Crippen molar-refractivity contribution in [3.05, 3.63) is 218 Å². The number of rotatable bonds is 7. The van der Waals surface area contributed by atoms with Crippen LogP contribution in [0.25, 0.3) is 100 Å². The van der Waals surface area contributed by atoms with E-state index >= 15 is 0 Å². The van der Waals surface area contributed by atoms with Gasteiger partial charge in [0, 0.05) is 43.9 Å². The molecule has 58 heavy (non-hydrogen) atoms. The van der Waals surface area contributed by atoms with E-state index < -0.39 is 0 Å². The molecule has 0 aliphatic carbocycles. The topological polar surface area (TPSA) is 35.6 Å². The summed E-state index contributed by atoms with van der Waals surface area (Å²) in [5.41, 5.74) is 12.8. The van der Waals surface area contributed by atoms with Gasteiger partial charge in [-0.3, -0.25) is 4.57 Å². The number of hydrogen-bond donors (Lipinski definition) is 0. The van der Waals surface area contributed by atoms with Crippen molar-refractivity contribution in [3.63, 3.8) is 0 Å². The van der Waals surface area contributed by atoms with E-state index in [2.05, 4.69) is 216 Å². The van der Waals surface area contributed by atoms with E-state index in [4.69, 9.17) is 9.97 Å². The van der Waals surface area contributed by atoms with Gasteiger partial charge in [0.2, 0.25) is 5.95 Å². The van der Waals surface area contributed by atoms with Crippen LogP contribution in [-0.4, -0.2) is 19.1 Å². The molecule has 0 unspecified atom stereocenters. The molecule has 0 N–H and O–H groups in total. The van der Waals surface area contributed by atoms with Crippen LogP contribution in [0, 0.1) is 0 Å². The number of para-hydroxylation sites is 4. The van der Waals surface area contributed by atoms with Crippen molar-refractivity contribution in [2.45, 2.75) is 0 Å². The lowest BCUT2D eigenvalue weighted by molar-refractivity contribution is 1.02. The monoisotopic (exact) mass is 740 g/mol. The first-order valence-electron chi connectivity index (χ1n) is 19.6. The van der Waals surface area contributed by atoms with Crippen molar-refractivity contribution >= 4 is 66.0 Å². The van der Waals surface area contributed by atoms with Gasteiger partial charge in [0.1, 0.15) is 0 Å². The molecule has 3 aromatic heterocycles. The second-order valence-electron chi connectivity index (χ2n) is 14.7. The van der Waals surface area contributed by atoms with Crippen LogP contribution in [0.2, 0.25) is 0 Å². The molecule has 0 fully saturated rings. The summed E-state index contributed by atoms with van der Waals surface area (Å²) in [6.07, 6.45) is 4.26. The Hall–Kier alpha value is -7.82. The zero-order valence-corrected chi connectivity index (χ0v) is 31.6. The van der Waals surface area contributed by atoms with E-state index in [1.807, 2.05) is 6.08 Å². The van der Waals surface area contributed by atoms with Gasteiger partial charge in [0.05, 0.1) is 27.8 Å². The molecule has 4 heteroatoms. The highest BCUT2D eigenvalue weighted by Gasteiger charge is 2.21. The van der Waals surface area contributed by atoms with Gasteiger partial charge in [-0.15, -0.1) is 0 Å². The number of nitrogens with zero attached hydrogens (tertiary/aromatic N) is 4. The van der Waals surface area contributed by atoms with E-state index in [1.165, 1.54) is 10.9 Å². The molecule has 0 bridgehead atoms. The second-order valence-corrected chi connectivity index (χ2v) is 14.7. The van der Waals surface area contributed by atoms with Gasteiger partial charge in [-0.1, -0.05) is 158 Å². The molecule has 272 valence electrons. The molecule has 0 radical (unpaired) electrons. The van der Waals surface area contributed by atoms with Crippen molar-refractivity contribution in [3.8, 4) is 34.0 Å². The molecule has 3 heterocycles. The molecule has 4 nitrogen and oxygen atoms in total. The minimum atomic E-state index is 0.634. The molecule has 11 rings (SSSR count). The van der Waals surface area contributed by atoms with E-state index in [-0.39, 0.29) is 0 Å².